The Kier molecular flexibility index (Phi) is 6.65. The Balaban J connectivity index is 2.99. The van der Waals surface area contributed by atoms with E-state index < -0.39 is 12.1 Å². The fourth-order valence-electron chi connectivity index (χ4n) is 2.48. The lowest BCUT2D eigenvalue weighted by molar-refractivity contribution is -0.137. The largest absolute Gasteiger partial charge is 0.496 e. The summed E-state index contributed by atoms with van der Waals surface area (Å²) in [5.74, 6) is -0.0678. The average molecular weight is 295 g/mol. The summed E-state index contributed by atoms with van der Waals surface area (Å²) in [5, 5.41) is 22.6. The first kappa shape index (κ1) is 17.5. The molecule has 0 fully saturated rings. The van der Waals surface area contributed by atoms with Crippen molar-refractivity contribution in [3.8, 4) is 5.75 Å². The third kappa shape index (κ3) is 4.72. The Labute approximate surface area is 125 Å². The number of aliphatic carboxylic acids is 1. The summed E-state index contributed by atoms with van der Waals surface area (Å²) < 4.78 is 5.27. The number of rotatable bonds is 8. The van der Waals surface area contributed by atoms with Crippen molar-refractivity contribution >= 4 is 5.97 Å². The summed E-state index contributed by atoms with van der Waals surface area (Å²) in [6.45, 7) is 6.46. The first-order chi connectivity index (χ1) is 9.90. The van der Waals surface area contributed by atoms with Crippen LogP contribution in [0.2, 0.25) is 0 Å². The number of methoxy groups -OCH3 is 1. The number of carboxylic acids is 1. The number of aryl methyl sites for hydroxylation is 2. The van der Waals surface area contributed by atoms with Crippen molar-refractivity contribution in [2.75, 3.05) is 13.7 Å². The van der Waals surface area contributed by atoms with Crippen LogP contribution in [0.3, 0.4) is 0 Å². The zero-order valence-electron chi connectivity index (χ0n) is 13.1. The maximum absolute atomic E-state index is 10.7. The molecule has 1 aromatic rings. The second kappa shape index (κ2) is 8.00. The number of aliphatic hydroxyl groups excluding tert-OH is 1. The molecule has 2 unspecified atom stereocenters. The molecule has 0 spiro atoms. The number of likely N-dealkylation sites (N-methyl/N-ethyl adjacent to an activating group) is 1. The highest BCUT2D eigenvalue weighted by Gasteiger charge is 2.23. The van der Waals surface area contributed by atoms with E-state index in [9.17, 15) is 9.90 Å². The van der Waals surface area contributed by atoms with Gasteiger partial charge in [0.05, 0.1) is 13.2 Å². The molecule has 1 aromatic carbocycles. The molecule has 0 radical (unpaired) electrons. The Morgan fingerprint density at radius 1 is 1.33 bits per heavy atom. The van der Waals surface area contributed by atoms with Crippen molar-refractivity contribution in [2.45, 2.75) is 45.8 Å². The van der Waals surface area contributed by atoms with Gasteiger partial charge < -0.3 is 20.3 Å². The van der Waals surface area contributed by atoms with Gasteiger partial charge in [-0.2, -0.15) is 0 Å². The maximum Gasteiger partial charge on any atom is 0.303 e. The molecule has 0 aromatic heterocycles. The van der Waals surface area contributed by atoms with Crippen LogP contribution in [0.25, 0.3) is 0 Å². The number of benzene rings is 1. The Morgan fingerprint density at radius 3 is 2.52 bits per heavy atom. The summed E-state index contributed by atoms with van der Waals surface area (Å²) in [7, 11) is 1.62. The normalized spacial score (nSPS) is 13.8. The van der Waals surface area contributed by atoms with Crippen LogP contribution in [0.5, 0.6) is 5.75 Å². The second-order valence-corrected chi connectivity index (χ2v) is 5.22. The standard InChI is InChI=1S/C16H25NO4/c1-5-17-13(6-7-15(18)19)16(20)12-8-11(3)14(21-4)9-10(12)2/h8-9,13,16-17,20H,5-7H2,1-4H3,(H,18,19). The Bertz CT molecular complexity index is 487. The molecule has 118 valence electrons. The fourth-order valence-corrected chi connectivity index (χ4v) is 2.48. The van der Waals surface area contributed by atoms with Crippen molar-refractivity contribution in [1.29, 1.82) is 0 Å². The molecule has 0 aliphatic heterocycles. The van der Waals surface area contributed by atoms with Crippen LogP contribution in [-0.4, -0.2) is 35.9 Å². The van der Waals surface area contributed by atoms with Gasteiger partial charge in [0.1, 0.15) is 5.75 Å². The van der Waals surface area contributed by atoms with Crippen LogP contribution < -0.4 is 10.1 Å². The van der Waals surface area contributed by atoms with Crippen LogP contribution in [0.4, 0.5) is 0 Å². The van der Waals surface area contributed by atoms with Crippen molar-refractivity contribution in [3.63, 3.8) is 0 Å². The smallest absolute Gasteiger partial charge is 0.303 e. The van der Waals surface area contributed by atoms with Gasteiger partial charge in [-0.05, 0) is 55.6 Å². The molecule has 0 saturated carbocycles. The van der Waals surface area contributed by atoms with Crippen LogP contribution in [0.15, 0.2) is 12.1 Å². The van der Waals surface area contributed by atoms with Crippen molar-refractivity contribution in [1.82, 2.24) is 5.32 Å². The predicted octanol–water partition coefficient (Wildman–Crippen LogP) is 2.19. The van der Waals surface area contributed by atoms with Crippen LogP contribution in [0.1, 0.15) is 42.6 Å². The predicted molar refractivity (Wildman–Crippen MR) is 81.8 cm³/mol. The minimum Gasteiger partial charge on any atom is -0.496 e. The highest BCUT2D eigenvalue weighted by Crippen LogP contribution is 2.29. The topological polar surface area (TPSA) is 78.8 Å². The van der Waals surface area contributed by atoms with Gasteiger partial charge in [0, 0.05) is 12.5 Å². The van der Waals surface area contributed by atoms with Gasteiger partial charge in [-0.15, -0.1) is 0 Å². The minimum absolute atomic E-state index is 0.0307. The van der Waals surface area contributed by atoms with Crippen molar-refractivity contribution in [3.05, 3.63) is 28.8 Å². The van der Waals surface area contributed by atoms with Crippen LogP contribution in [0, 0.1) is 13.8 Å². The van der Waals surface area contributed by atoms with E-state index in [1.54, 1.807) is 7.11 Å². The van der Waals surface area contributed by atoms with E-state index in [-0.39, 0.29) is 12.5 Å². The summed E-state index contributed by atoms with van der Waals surface area (Å²) in [5.41, 5.74) is 2.69. The maximum atomic E-state index is 10.7. The molecule has 0 saturated heterocycles. The number of hydrogen-bond donors (Lipinski definition) is 3. The summed E-state index contributed by atoms with van der Waals surface area (Å²) >= 11 is 0. The molecular weight excluding hydrogens is 270 g/mol. The molecule has 0 aliphatic carbocycles. The van der Waals surface area contributed by atoms with E-state index in [1.807, 2.05) is 32.9 Å². The number of carbonyl (C=O) groups is 1. The lowest BCUT2D eigenvalue weighted by Crippen LogP contribution is -2.35. The minimum atomic E-state index is -0.854. The molecule has 1 rings (SSSR count). The van der Waals surface area contributed by atoms with Gasteiger partial charge >= 0.3 is 5.97 Å². The van der Waals surface area contributed by atoms with Gasteiger partial charge in [-0.25, -0.2) is 0 Å². The first-order valence-corrected chi connectivity index (χ1v) is 7.19. The molecule has 21 heavy (non-hydrogen) atoms. The van der Waals surface area contributed by atoms with Gasteiger partial charge in [0.25, 0.3) is 0 Å². The number of hydrogen-bond acceptors (Lipinski definition) is 4. The highest BCUT2D eigenvalue weighted by molar-refractivity contribution is 5.66. The van der Waals surface area contributed by atoms with E-state index in [2.05, 4.69) is 5.32 Å². The number of carboxylic acid groups (broad SMARTS) is 1. The Morgan fingerprint density at radius 2 is 2.00 bits per heavy atom. The van der Waals surface area contributed by atoms with Crippen molar-refractivity contribution in [2.24, 2.45) is 0 Å². The highest BCUT2D eigenvalue weighted by atomic mass is 16.5. The van der Waals surface area contributed by atoms with Crippen molar-refractivity contribution < 1.29 is 19.7 Å². The fraction of sp³-hybridized carbons (Fsp3) is 0.562. The van der Waals surface area contributed by atoms with E-state index in [0.717, 1.165) is 22.4 Å². The summed E-state index contributed by atoms with van der Waals surface area (Å²) in [6, 6.07) is 3.52. The van der Waals surface area contributed by atoms with Crippen LogP contribution >= 0.6 is 0 Å². The van der Waals surface area contributed by atoms with E-state index in [1.165, 1.54) is 0 Å². The lowest BCUT2D eigenvalue weighted by atomic mass is 9.93. The average Bonchev–Trinajstić information content (AvgIpc) is 2.44. The van der Waals surface area contributed by atoms with E-state index in [0.29, 0.717) is 13.0 Å². The third-order valence-electron chi connectivity index (χ3n) is 3.62. The molecule has 0 heterocycles. The number of nitrogens with one attached hydrogen (secondary N) is 1. The third-order valence-corrected chi connectivity index (χ3v) is 3.62. The molecule has 0 amide bonds. The van der Waals surface area contributed by atoms with Gasteiger partial charge in [-0.3, -0.25) is 4.79 Å². The first-order valence-electron chi connectivity index (χ1n) is 7.19. The van der Waals surface area contributed by atoms with Gasteiger partial charge in [-0.1, -0.05) is 6.92 Å². The monoisotopic (exact) mass is 295 g/mol. The second-order valence-electron chi connectivity index (χ2n) is 5.22. The number of ether oxygens (including phenoxy) is 1. The summed E-state index contributed by atoms with van der Waals surface area (Å²) in [4.78, 5) is 10.7. The quantitative estimate of drug-likeness (QED) is 0.685. The van der Waals surface area contributed by atoms with Gasteiger partial charge in [0.15, 0.2) is 0 Å². The van der Waals surface area contributed by atoms with Crippen LogP contribution in [-0.2, 0) is 4.79 Å². The molecule has 5 nitrogen and oxygen atoms in total. The number of aliphatic hydroxyl groups is 1. The molecular formula is C16H25NO4. The molecule has 0 bridgehead atoms. The lowest BCUT2D eigenvalue weighted by Gasteiger charge is -2.25. The molecule has 3 N–H and O–H groups in total. The zero-order chi connectivity index (χ0) is 16.0. The summed E-state index contributed by atoms with van der Waals surface area (Å²) in [6.07, 6.45) is -0.327. The SMILES string of the molecule is CCNC(CCC(=O)O)C(O)c1cc(C)c(OC)cc1C. The molecule has 2 atom stereocenters. The molecule has 0 aliphatic rings. The zero-order valence-corrected chi connectivity index (χ0v) is 13.1. The van der Waals surface area contributed by atoms with E-state index >= 15 is 0 Å². The Hall–Kier alpha value is -1.59. The van der Waals surface area contributed by atoms with E-state index in [4.69, 9.17) is 9.84 Å². The molecule has 5 heteroatoms. The van der Waals surface area contributed by atoms with Gasteiger partial charge in [0.2, 0.25) is 0 Å².